The topological polar surface area (TPSA) is 122 Å². The third kappa shape index (κ3) is 6.28. The lowest BCUT2D eigenvalue weighted by molar-refractivity contribution is -0.384. The van der Waals surface area contributed by atoms with Crippen LogP contribution in [0.15, 0.2) is 82.8 Å². The molecule has 8 nitrogen and oxygen atoms in total. The molecule has 1 atom stereocenters. The van der Waals surface area contributed by atoms with Crippen molar-refractivity contribution in [3.05, 3.63) is 109 Å². The third-order valence-corrected chi connectivity index (χ3v) is 5.42. The summed E-state index contributed by atoms with van der Waals surface area (Å²) < 4.78 is 5.70. The summed E-state index contributed by atoms with van der Waals surface area (Å²) in [7, 11) is 0. The van der Waals surface area contributed by atoms with Crippen LogP contribution in [0.25, 0.3) is 6.08 Å². The lowest BCUT2D eigenvalue weighted by atomic mass is 10.1. The van der Waals surface area contributed by atoms with Gasteiger partial charge in [-0.2, -0.15) is 5.26 Å². The molecular formula is C24H15BrClN3O5. The minimum absolute atomic E-state index is 0.165. The van der Waals surface area contributed by atoms with Gasteiger partial charge in [0.25, 0.3) is 11.6 Å². The molecule has 0 spiro atoms. The molecule has 0 saturated heterocycles. The fraction of sp³-hybridized carbons (Fsp3) is 0.0417. The second-order valence-corrected chi connectivity index (χ2v) is 8.12. The van der Waals surface area contributed by atoms with Gasteiger partial charge in [-0.25, -0.2) is 4.79 Å². The second-order valence-electron chi connectivity index (χ2n) is 6.83. The first-order valence-electron chi connectivity index (χ1n) is 9.66. The molecule has 1 N–H and O–H groups in total. The van der Waals surface area contributed by atoms with Crippen LogP contribution in [0.5, 0.6) is 0 Å². The number of nitrogens with zero attached hydrogens (tertiary/aromatic N) is 2. The Morgan fingerprint density at radius 2 is 1.79 bits per heavy atom. The first kappa shape index (κ1) is 24.6. The number of amides is 1. The molecule has 1 unspecified atom stereocenters. The molecule has 0 aliphatic rings. The number of non-ortho nitro benzene ring substituents is 1. The van der Waals surface area contributed by atoms with Gasteiger partial charge < -0.3 is 10.1 Å². The Kier molecular flexibility index (Phi) is 8.14. The molecule has 0 aromatic heterocycles. The zero-order chi connectivity index (χ0) is 24.7. The van der Waals surface area contributed by atoms with Gasteiger partial charge in [-0.1, -0.05) is 54.1 Å². The highest BCUT2D eigenvalue weighted by Gasteiger charge is 2.27. The number of carbonyl (C=O) groups is 2. The number of nitriles is 1. The Morgan fingerprint density at radius 1 is 1.12 bits per heavy atom. The highest BCUT2D eigenvalue weighted by molar-refractivity contribution is 9.10. The highest BCUT2D eigenvalue weighted by atomic mass is 79.9. The minimum atomic E-state index is -1.39. The normalized spacial score (nSPS) is 11.7. The minimum Gasteiger partial charge on any atom is -0.443 e. The number of esters is 1. The van der Waals surface area contributed by atoms with Gasteiger partial charge in [0, 0.05) is 27.2 Å². The average Bonchev–Trinajstić information content (AvgIpc) is 2.83. The molecule has 0 aliphatic heterocycles. The van der Waals surface area contributed by atoms with E-state index < -0.39 is 22.9 Å². The number of nitro groups is 1. The smallest absolute Gasteiger partial charge is 0.350 e. The van der Waals surface area contributed by atoms with Crippen molar-refractivity contribution >= 4 is 56.9 Å². The van der Waals surface area contributed by atoms with Crippen LogP contribution in [0, 0.1) is 21.4 Å². The van der Waals surface area contributed by atoms with Crippen molar-refractivity contribution < 1.29 is 19.2 Å². The van der Waals surface area contributed by atoms with E-state index in [4.69, 9.17) is 16.3 Å². The van der Waals surface area contributed by atoms with Crippen LogP contribution in [0.3, 0.4) is 0 Å². The fourth-order valence-electron chi connectivity index (χ4n) is 2.85. The van der Waals surface area contributed by atoms with Crippen molar-refractivity contribution in [2.24, 2.45) is 0 Å². The summed E-state index contributed by atoms with van der Waals surface area (Å²) in [6, 6.07) is 20.3. The molecule has 170 valence electrons. The molecule has 34 heavy (non-hydrogen) atoms. The maximum atomic E-state index is 13.1. The van der Waals surface area contributed by atoms with Gasteiger partial charge in [0.05, 0.1) is 10.6 Å². The number of anilines is 1. The Balaban J connectivity index is 1.87. The van der Waals surface area contributed by atoms with Gasteiger partial charge in [0.2, 0.25) is 6.10 Å². The van der Waals surface area contributed by atoms with Crippen molar-refractivity contribution in [2.45, 2.75) is 6.10 Å². The van der Waals surface area contributed by atoms with Crippen molar-refractivity contribution in [1.29, 1.82) is 5.26 Å². The van der Waals surface area contributed by atoms with Crippen LogP contribution in [0.1, 0.15) is 17.2 Å². The molecule has 0 saturated carbocycles. The molecule has 3 aromatic carbocycles. The number of carbonyl (C=O) groups excluding carboxylic acids is 2. The van der Waals surface area contributed by atoms with Crippen molar-refractivity contribution in [1.82, 2.24) is 0 Å². The summed E-state index contributed by atoms with van der Waals surface area (Å²) >= 11 is 9.05. The van der Waals surface area contributed by atoms with E-state index in [2.05, 4.69) is 21.2 Å². The summed E-state index contributed by atoms with van der Waals surface area (Å²) in [5.41, 5.74) is 0.683. The molecule has 0 bridgehead atoms. The van der Waals surface area contributed by atoms with E-state index in [1.54, 1.807) is 60.7 Å². The SMILES string of the molecule is N#C/C(=C\c1ccc(Cl)cc1)C(=O)OC(C(=O)Nc1ccc([N+](=O)[O-])cc1Br)c1ccccc1. The Hall–Kier alpha value is -4.00. The molecule has 10 heteroatoms. The highest BCUT2D eigenvalue weighted by Crippen LogP contribution is 2.29. The van der Waals surface area contributed by atoms with E-state index in [-0.39, 0.29) is 21.4 Å². The lowest BCUT2D eigenvalue weighted by Gasteiger charge is -2.18. The molecule has 0 aliphatic carbocycles. The summed E-state index contributed by atoms with van der Waals surface area (Å²) in [5.74, 6) is -1.71. The van der Waals surface area contributed by atoms with E-state index in [0.29, 0.717) is 16.1 Å². The van der Waals surface area contributed by atoms with Gasteiger partial charge >= 0.3 is 5.97 Å². The molecule has 0 fully saturated rings. The zero-order valence-corrected chi connectivity index (χ0v) is 19.6. The number of hydrogen-bond acceptors (Lipinski definition) is 6. The quantitative estimate of drug-likeness (QED) is 0.132. The standard InChI is InChI=1S/C24H15BrClN3O5/c25-20-13-19(29(32)33)10-11-21(20)28-23(30)22(16-4-2-1-3-5-16)34-24(31)17(14-27)12-15-6-8-18(26)9-7-15/h1-13,22H,(H,28,30)/b17-12+. The van der Waals surface area contributed by atoms with Crippen molar-refractivity contribution in [3.63, 3.8) is 0 Å². The number of nitrogens with one attached hydrogen (secondary N) is 1. The number of nitro benzene ring substituents is 1. The van der Waals surface area contributed by atoms with Crippen LogP contribution >= 0.6 is 27.5 Å². The maximum absolute atomic E-state index is 13.1. The van der Waals surface area contributed by atoms with Crippen LogP contribution < -0.4 is 5.32 Å². The van der Waals surface area contributed by atoms with E-state index in [0.717, 1.165) is 0 Å². The number of hydrogen-bond donors (Lipinski definition) is 1. The van der Waals surface area contributed by atoms with E-state index >= 15 is 0 Å². The van der Waals surface area contributed by atoms with Crippen LogP contribution in [-0.4, -0.2) is 16.8 Å². The van der Waals surface area contributed by atoms with Crippen LogP contribution in [-0.2, 0) is 14.3 Å². The molecule has 1 amide bonds. The number of halogens is 2. The van der Waals surface area contributed by atoms with Crippen molar-refractivity contribution in [3.8, 4) is 6.07 Å². The predicted molar refractivity (Wildman–Crippen MR) is 130 cm³/mol. The maximum Gasteiger partial charge on any atom is 0.350 e. The van der Waals surface area contributed by atoms with Gasteiger partial charge in [-0.15, -0.1) is 0 Å². The number of ether oxygens (including phenoxy) is 1. The van der Waals surface area contributed by atoms with Gasteiger partial charge in [0.15, 0.2) is 0 Å². The van der Waals surface area contributed by atoms with Crippen LogP contribution in [0.4, 0.5) is 11.4 Å². The monoisotopic (exact) mass is 539 g/mol. The first-order valence-corrected chi connectivity index (χ1v) is 10.8. The second kappa shape index (κ2) is 11.2. The Bertz CT molecular complexity index is 1300. The molecule has 0 heterocycles. The summed E-state index contributed by atoms with van der Waals surface area (Å²) in [4.78, 5) is 36.2. The molecular weight excluding hydrogens is 526 g/mol. The first-order chi connectivity index (χ1) is 16.3. The Labute approximate surface area is 207 Å². The summed E-state index contributed by atoms with van der Waals surface area (Å²) in [6.07, 6.45) is -0.0660. The van der Waals surface area contributed by atoms with Gasteiger partial charge in [-0.05, 0) is 45.8 Å². The van der Waals surface area contributed by atoms with Crippen LogP contribution in [0.2, 0.25) is 5.02 Å². The predicted octanol–water partition coefficient (Wildman–Crippen LogP) is 5.84. The van der Waals surface area contributed by atoms with E-state index in [1.807, 2.05) is 0 Å². The summed E-state index contributed by atoms with van der Waals surface area (Å²) in [5, 5.41) is 23.5. The average molecular weight is 541 g/mol. The number of benzene rings is 3. The molecule has 3 aromatic rings. The van der Waals surface area contributed by atoms with Crippen molar-refractivity contribution in [2.75, 3.05) is 5.32 Å². The van der Waals surface area contributed by atoms with Gasteiger partial charge in [-0.3, -0.25) is 14.9 Å². The fourth-order valence-corrected chi connectivity index (χ4v) is 3.44. The largest absolute Gasteiger partial charge is 0.443 e. The molecule has 0 radical (unpaired) electrons. The van der Waals surface area contributed by atoms with E-state index in [9.17, 15) is 25.0 Å². The number of rotatable bonds is 7. The van der Waals surface area contributed by atoms with Gasteiger partial charge in [0.1, 0.15) is 11.6 Å². The van der Waals surface area contributed by atoms with E-state index in [1.165, 1.54) is 24.3 Å². The third-order valence-electron chi connectivity index (χ3n) is 4.51. The lowest BCUT2D eigenvalue weighted by Crippen LogP contribution is -2.26. The molecule has 3 rings (SSSR count). The summed E-state index contributed by atoms with van der Waals surface area (Å²) in [6.45, 7) is 0. The zero-order valence-electron chi connectivity index (χ0n) is 17.3. The Morgan fingerprint density at radius 3 is 2.38 bits per heavy atom.